The van der Waals surface area contributed by atoms with Crippen molar-refractivity contribution in [2.75, 3.05) is 14.2 Å². The maximum Gasteiger partial charge on any atom is 0.118 e. The van der Waals surface area contributed by atoms with Crippen molar-refractivity contribution in [2.45, 2.75) is 12.2 Å². The van der Waals surface area contributed by atoms with Gasteiger partial charge in [0.1, 0.15) is 11.5 Å². The Kier molecular flexibility index (Phi) is 7.79. The Labute approximate surface area is 149 Å². The second-order valence-corrected chi connectivity index (χ2v) is 4.63. The molecule has 0 aliphatic rings. The third kappa shape index (κ3) is 4.93. The van der Waals surface area contributed by atoms with Gasteiger partial charge >= 0.3 is 0 Å². The number of aliphatic hydroxyl groups excluding tert-OH is 2. The van der Waals surface area contributed by atoms with E-state index in [2.05, 4.69) is 0 Å². The minimum Gasteiger partial charge on any atom is -0.497 e. The van der Waals surface area contributed by atoms with Gasteiger partial charge in [0.05, 0.1) is 26.4 Å². The maximum absolute atomic E-state index is 10.1. The average molecular weight is 332 g/mol. The molecule has 0 fully saturated rings. The van der Waals surface area contributed by atoms with Crippen LogP contribution < -0.4 is 9.47 Å². The van der Waals surface area contributed by atoms with Crippen LogP contribution in [-0.2, 0) is 25.8 Å². The van der Waals surface area contributed by atoms with Crippen molar-refractivity contribution in [3.63, 3.8) is 0 Å². The molecule has 2 rings (SSSR count). The molecular formula is C17H19O4Sc. The zero-order valence-corrected chi connectivity index (χ0v) is 14.4. The molecule has 2 aromatic rings. The second-order valence-electron chi connectivity index (χ2n) is 4.63. The third-order valence-electron chi connectivity index (χ3n) is 3.28. The van der Waals surface area contributed by atoms with E-state index in [9.17, 15) is 10.2 Å². The Hall–Kier alpha value is -1.17. The Morgan fingerprint density at radius 1 is 0.727 bits per heavy atom. The molecule has 5 heteroatoms. The molecule has 4 nitrogen and oxygen atoms in total. The van der Waals surface area contributed by atoms with E-state index < -0.39 is 12.2 Å². The minimum absolute atomic E-state index is 0. The van der Waals surface area contributed by atoms with Crippen molar-refractivity contribution < 1.29 is 45.5 Å². The minimum atomic E-state index is -0.854. The van der Waals surface area contributed by atoms with Crippen LogP contribution in [0.1, 0.15) is 23.3 Å². The fourth-order valence-electron chi connectivity index (χ4n) is 2.00. The summed E-state index contributed by atoms with van der Waals surface area (Å²) in [6.07, 6.45) is -0.232. The molecule has 0 bridgehead atoms. The average Bonchev–Trinajstić information content (AvgIpc) is 2.55. The summed E-state index contributed by atoms with van der Waals surface area (Å²) in [5, 5.41) is 20.3. The predicted molar refractivity (Wildman–Crippen MR) is 80.2 cm³/mol. The van der Waals surface area contributed by atoms with Crippen LogP contribution in [0.25, 0.3) is 0 Å². The van der Waals surface area contributed by atoms with Crippen LogP contribution in [0.2, 0.25) is 0 Å². The summed E-state index contributed by atoms with van der Waals surface area (Å²) in [5.74, 6) is 1.45. The van der Waals surface area contributed by atoms with Gasteiger partial charge in [-0.2, -0.15) is 0 Å². The third-order valence-corrected chi connectivity index (χ3v) is 3.28. The van der Waals surface area contributed by atoms with E-state index in [0.717, 1.165) is 11.5 Å². The molecule has 0 saturated heterocycles. The van der Waals surface area contributed by atoms with E-state index >= 15 is 0 Å². The molecule has 0 aliphatic heterocycles. The molecule has 0 amide bonds. The van der Waals surface area contributed by atoms with Gasteiger partial charge in [-0.05, 0) is 35.4 Å². The Bertz CT molecular complexity index is 502. The number of ether oxygens (including phenoxy) is 2. The van der Waals surface area contributed by atoms with Gasteiger partial charge in [0.15, 0.2) is 0 Å². The van der Waals surface area contributed by atoms with Gasteiger partial charge < -0.3 is 19.7 Å². The Morgan fingerprint density at radius 2 is 1.05 bits per heavy atom. The van der Waals surface area contributed by atoms with E-state index in [1.165, 1.54) is 6.42 Å². The number of benzene rings is 2. The second kappa shape index (κ2) is 9.08. The van der Waals surface area contributed by atoms with E-state index in [1.807, 2.05) is 0 Å². The molecule has 2 N–H and O–H groups in total. The summed E-state index contributed by atoms with van der Waals surface area (Å²) in [7, 11) is 3.18. The smallest absolute Gasteiger partial charge is 0.118 e. The summed E-state index contributed by atoms with van der Waals surface area (Å²) in [4.78, 5) is 0. The molecular weight excluding hydrogens is 313 g/mol. The maximum atomic E-state index is 10.1. The van der Waals surface area contributed by atoms with Gasteiger partial charge in [-0.15, -0.1) is 0 Å². The van der Waals surface area contributed by atoms with Gasteiger partial charge in [0.25, 0.3) is 0 Å². The molecule has 22 heavy (non-hydrogen) atoms. The zero-order valence-electron chi connectivity index (χ0n) is 12.6. The van der Waals surface area contributed by atoms with Crippen molar-refractivity contribution in [2.24, 2.45) is 0 Å². The molecule has 2 atom stereocenters. The summed E-state index contributed by atoms with van der Waals surface area (Å²) >= 11 is 0. The summed E-state index contributed by atoms with van der Waals surface area (Å²) in [6, 6.07) is 14.1. The van der Waals surface area contributed by atoms with Crippen LogP contribution >= 0.6 is 0 Å². The fraction of sp³-hybridized carbons (Fsp3) is 0.235. The first-order chi connectivity index (χ1) is 10.1. The molecule has 0 spiro atoms. The van der Waals surface area contributed by atoms with Gasteiger partial charge in [-0.1, -0.05) is 24.3 Å². The van der Waals surface area contributed by atoms with E-state index in [-0.39, 0.29) is 25.8 Å². The fourth-order valence-corrected chi connectivity index (χ4v) is 2.00. The number of methoxy groups -OCH3 is 2. The van der Waals surface area contributed by atoms with Crippen LogP contribution in [0, 0.1) is 6.42 Å². The van der Waals surface area contributed by atoms with E-state index in [1.54, 1.807) is 62.8 Å². The quantitative estimate of drug-likeness (QED) is 0.854. The Balaban J connectivity index is 0.00000242. The molecule has 0 aliphatic carbocycles. The SMILES string of the molecule is COc1ccc(C(O)[CH]C(O)c2ccc(OC)cc2)cc1.[Sc]. The van der Waals surface area contributed by atoms with Crippen LogP contribution in [-0.4, -0.2) is 24.4 Å². The molecule has 2 aromatic carbocycles. The number of rotatable bonds is 6. The van der Waals surface area contributed by atoms with Crippen molar-refractivity contribution in [1.82, 2.24) is 0 Å². The molecule has 0 saturated carbocycles. The van der Waals surface area contributed by atoms with Gasteiger partial charge in [-0.3, -0.25) is 0 Å². The van der Waals surface area contributed by atoms with Crippen molar-refractivity contribution in [3.05, 3.63) is 66.1 Å². The first kappa shape index (κ1) is 18.9. The van der Waals surface area contributed by atoms with Gasteiger partial charge in [-0.25, -0.2) is 0 Å². The zero-order chi connectivity index (χ0) is 15.2. The van der Waals surface area contributed by atoms with Crippen molar-refractivity contribution in [3.8, 4) is 11.5 Å². The summed E-state index contributed by atoms with van der Waals surface area (Å²) < 4.78 is 10.1. The van der Waals surface area contributed by atoms with Gasteiger partial charge in [0, 0.05) is 32.3 Å². The summed E-state index contributed by atoms with van der Waals surface area (Å²) in [6.45, 7) is 0. The van der Waals surface area contributed by atoms with Gasteiger partial charge in [0.2, 0.25) is 0 Å². The molecule has 2 radical (unpaired) electrons. The molecule has 114 valence electrons. The van der Waals surface area contributed by atoms with E-state index in [0.29, 0.717) is 11.1 Å². The normalized spacial score (nSPS) is 12.9. The van der Waals surface area contributed by atoms with Crippen LogP contribution in [0.4, 0.5) is 0 Å². The van der Waals surface area contributed by atoms with Crippen LogP contribution in [0.15, 0.2) is 48.5 Å². The standard InChI is InChI=1S/C17H19O4.Sc/c1-20-14-7-3-12(4-8-14)16(18)11-17(19)13-5-9-15(21-2)10-6-13;/h3-11,16-19H,1-2H3;. The van der Waals surface area contributed by atoms with Crippen molar-refractivity contribution in [1.29, 1.82) is 0 Å². The van der Waals surface area contributed by atoms with Crippen molar-refractivity contribution >= 4 is 0 Å². The van der Waals surface area contributed by atoms with Crippen LogP contribution in [0.3, 0.4) is 0 Å². The number of hydrogen-bond donors (Lipinski definition) is 2. The predicted octanol–water partition coefficient (Wildman–Crippen LogP) is 2.67. The Morgan fingerprint density at radius 3 is 1.32 bits per heavy atom. The number of hydrogen-bond acceptors (Lipinski definition) is 4. The number of aliphatic hydroxyl groups is 2. The molecule has 0 aromatic heterocycles. The first-order valence-corrected chi connectivity index (χ1v) is 6.63. The topological polar surface area (TPSA) is 58.9 Å². The van der Waals surface area contributed by atoms with Crippen LogP contribution in [0.5, 0.6) is 11.5 Å². The van der Waals surface area contributed by atoms with E-state index in [4.69, 9.17) is 9.47 Å². The monoisotopic (exact) mass is 332 g/mol. The molecule has 0 heterocycles. The molecule has 2 unspecified atom stereocenters. The largest absolute Gasteiger partial charge is 0.497 e. The first-order valence-electron chi connectivity index (χ1n) is 6.63. The summed E-state index contributed by atoms with van der Waals surface area (Å²) in [5.41, 5.74) is 1.40.